The van der Waals surface area contributed by atoms with Crippen molar-refractivity contribution in [3.8, 4) is 0 Å². The molecule has 0 atom stereocenters. The van der Waals surface area contributed by atoms with Crippen molar-refractivity contribution in [2.45, 2.75) is 38.0 Å². The Morgan fingerprint density at radius 3 is 2.62 bits per heavy atom. The summed E-state index contributed by atoms with van der Waals surface area (Å²) in [5.74, 6) is 1.13. The Bertz CT molecular complexity index is 284. The molecule has 2 N–H and O–H groups in total. The summed E-state index contributed by atoms with van der Waals surface area (Å²) < 4.78 is 5.56. The van der Waals surface area contributed by atoms with Crippen molar-refractivity contribution in [3.05, 3.63) is 23.7 Å². The molecular formula is C11H17NO. The van der Waals surface area contributed by atoms with Gasteiger partial charge in [0.15, 0.2) is 0 Å². The van der Waals surface area contributed by atoms with Crippen LogP contribution in [0, 0.1) is 6.92 Å². The van der Waals surface area contributed by atoms with Crippen molar-refractivity contribution in [3.63, 3.8) is 0 Å². The van der Waals surface area contributed by atoms with Crippen LogP contribution in [0.5, 0.6) is 0 Å². The molecule has 2 nitrogen and oxygen atoms in total. The van der Waals surface area contributed by atoms with Crippen LogP contribution in [0.25, 0.3) is 0 Å². The van der Waals surface area contributed by atoms with E-state index in [1.807, 2.05) is 6.07 Å². The summed E-state index contributed by atoms with van der Waals surface area (Å²) >= 11 is 0. The molecule has 1 aromatic rings. The molecule has 0 bridgehead atoms. The molecular weight excluding hydrogens is 162 g/mol. The summed E-state index contributed by atoms with van der Waals surface area (Å²) in [6.45, 7) is 2.83. The number of hydrogen-bond donors (Lipinski definition) is 1. The minimum Gasteiger partial charge on any atom is -0.468 e. The smallest absolute Gasteiger partial charge is 0.114 e. The molecule has 13 heavy (non-hydrogen) atoms. The van der Waals surface area contributed by atoms with Gasteiger partial charge >= 0.3 is 0 Å². The quantitative estimate of drug-likeness (QED) is 0.757. The predicted octanol–water partition coefficient (Wildman–Crippen LogP) is 2.36. The standard InChI is InChI=1S/C11H17NO/c1-9-4-7-13-10(9)11(8-12)5-2-3-6-11/h4,7H,2-3,5-6,8,12H2,1H3. The molecule has 1 aromatic heterocycles. The zero-order chi connectivity index (χ0) is 9.31. The van der Waals surface area contributed by atoms with E-state index in [0.717, 1.165) is 12.3 Å². The SMILES string of the molecule is Cc1ccoc1C1(CN)CCCC1. The van der Waals surface area contributed by atoms with E-state index in [-0.39, 0.29) is 5.41 Å². The summed E-state index contributed by atoms with van der Waals surface area (Å²) in [5.41, 5.74) is 7.29. The normalized spacial score (nSPS) is 20.8. The van der Waals surface area contributed by atoms with Crippen molar-refractivity contribution < 1.29 is 4.42 Å². The highest BCUT2D eigenvalue weighted by molar-refractivity contribution is 5.25. The number of aryl methyl sites for hydroxylation is 1. The summed E-state index contributed by atoms with van der Waals surface area (Å²) in [6.07, 6.45) is 6.74. The van der Waals surface area contributed by atoms with Crippen LogP contribution in [0.3, 0.4) is 0 Å². The van der Waals surface area contributed by atoms with Crippen LogP contribution in [-0.4, -0.2) is 6.54 Å². The Kier molecular flexibility index (Phi) is 2.16. The van der Waals surface area contributed by atoms with E-state index >= 15 is 0 Å². The van der Waals surface area contributed by atoms with Crippen molar-refractivity contribution in [2.24, 2.45) is 5.73 Å². The maximum absolute atomic E-state index is 5.87. The van der Waals surface area contributed by atoms with Crippen LogP contribution in [0.4, 0.5) is 0 Å². The molecule has 0 amide bonds. The third-order valence-corrected chi connectivity index (χ3v) is 3.30. The maximum Gasteiger partial charge on any atom is 0.114 e. The second kappa shape index (κ2) is 3.18. The fourth-order valence-electron chi connectivity index (χ4n) is 2.49. The zero-order valence-corrected chi connectivity index (χ0v) is 8.18. The van der Waals surface area contributed by atoms with E-state index < -0.39 is 0 Å². The first-order valence-corrected chi connectivity index (χ1v) is 5.03. The van der Waals surface area contributed by atoms with Gasteiger partial charge in [-0.25, -0.2) is 0 Å². The molecule has 0 saturated heterocycles. The topological polar surface area (TPSA) is 39.2 Å². The Labute approximate surface area is 79.1 Å². The van der Waals surface area contributed by atoms with Gasteiger partial charge < -0.3 is 10.2 Å². The van der Waals surface area contributed by atoms with E-state index in [0.29, 0.717) is 0 Å². The van der Waals surface area contributed by atoms with Gasteiger partial charge in [0.2, 0.25) is 0 Å². The van der Waals surface area contributed by atoms with Crippen LogP contribution >= 0.6 is 0 Å². The van der Waals surface area contributed by atoms with Gasteiger partial charge in [-0.2, -0.15) is 0 Å². The third kappa shape index (κ3) is 1.29. The summed E-state index contributed by atoms with van der Waals surface area (Å²) in [6, 6.07) is 2.03. The Balaban J connectivity index is 2.36. The molecule has 1 heterocycles. The molecule has 2 heteroatoms. The Morgan fingerprint density at radius 2 is 2.15 bits per heavy atom. The van der Waals surface area contributed by atoms with Crippen LogP contribution in [0.1, 0.15) is 37.0 Å². The third-order valence-electron chi connectivity index (χ3n) is 3.30. The summed E-state index contributed by atoms with van der Waals surface area (Å²) in [7, 11) is 0. The zero-order valence-electron chi connectivity index (χ0n) is 8.18. The minimum atomic E-state index is 0.160. The lowest BCUT2D eigenvalue weighted by atomic mass is 9.82. The van der Waals surface area contributed by atoms with E-state index in [4.69, 9.17) is 10.2 Å². The monoisotopic (exact) mass is 179 g/mol. The average molecular weight is 179 g/mol. The highest BCUT2D eigenvalue weighted by Crippen LogP contribution is 2.41. The first-order chi connectivity index (χ1) is 6.28. The Morgan fingerprint density at radius 1 is 1.46 bits per heavy atom. The second-order valence-corrected chi connectivity index (χ2v) is 4.12. The van der Waals surface area contributed by atoms with Gasteiger partial charge in [0.25, 0.3) is 0 Å². The number of hydrogen-bond acceptors (Lipinski definition) is 2. The lowest BCUT2D eigenvalue weighted by Crippen LogP contribution is -2.32. The molecule has 2 rings (SSSR count). The second-order valence-electron chi connectivity index (χ2n) is 4.12. The van der Waals surface area contributed by atoms with Crippen LogP contribution in [0.2, 0.25) is 0 Å². The highest BCUT2D eigenvalue weighted by Gasteiger charge is 2.37. The van der Waals surface area contributed by atoms with E-state index in [1.54, 1.807) is 6.26 Å². The fourth-order valence-corrected chi connectivity index (χ4v) is 2.49. The summed E-state index contributed by atoms with van der Waals surface area (Å²) in [4.78, 5) is 0. The molecule has 0 aromatic carbocycles. The molecule has 1 aliphatic carbocycles. The molecule has 72 valence electrons. The largest absolute Gasteiger partial charge is 0.468 e. The predicted molar refractivity (Wildman–Crippen MR) is 52.6 cm³/mol. The number of nitrogens with two attached hydrogens (primary N) is 1. The lowest BCUT2D eigenvalue weighted by Gasteiger charge is -2.25. The molecule has 0 radical (unpaired) electrons. The van der Waals surface area contributed by atoms with Gasteiger partial charge in [0.05, 0.1) is 6.26 Å². The van der Waals surface area contributed by atoms with Crippen molar-refractivity contribution in [2.75, 3.05) is 6.54 Å². The highest BCUT2D eigenvalue weighted by atomic mass is 16.3. The van der Waals surface area contributed by atoms with E-state index in [1.165, 1.54) is 31.2 Å². The average Bonchev–Trinajstić information content (AvgIpc) is 2.73. The van der Waals surface area contributed by atoms with E-state index in [2.05, 4.69) is 6.92 Å². The van der Waals surface area contributed by atoms with Crippen LogP contribution < -0.4 is 5.73 Å². The fraction of sp³-hybridized carbons (Fsp3) is 0.636. The molecule has 0 aliphatic heterocycles. The first-order valence-electron chi connectivity index (χ1n) is 5.03. The maximum atomic E-state index is 5.87. The molecule has 1 aliphatic rings. The Hall–Kier alpha value is -0.760. The molecule has 0 unspecified atom stereocenters. The molecule has 0 spiro atoms. The van der Waals surface area contributed by atoms with Crippen LogP contribution in [-0.2, 0) is 5.41 Å². The van der Waals surface area contributed by atoms with Crippen molar-refractivity contribution >= 4 is 0 Å². The van der Waals surface area contributed by atoms with E-state index in [9.17, 15) is 0 Å². The van der Waals surface area contributed by atoms with Crippen molar-refractivity contribution in [1.82, 2.24) is 0 Å². The van der Waals surface area contributed by atoms with Gasteiger partial charge in [0, 0.05) is 12.0 Å². The lowest BCUT2D eigenvalue weighted by molar-refractivity contribution is 0.345. The minimum absolute atomic E-state index is 0.160. The van der Waals surface area contributed by atoms with Gasteiger partial charge in [-0.05, 0) is 31.4 Å². The van der Waals surface area contributed by atoms with Gasteiger partial charge in [-0.1, -0.05) is 12.8 Å². The van der Waals surface area contributed by atoms with Crippen molar-refractivity contribution in [1.29, 1.82) is 0 Å². The number of furan rings is 1. The van der Waals surface area contributed by atoms with Gasteiger partial charge in [-0.15, -0.1) is 0 Å². The van der Waals surface area contributed by atoms with Crippen LogP contribution in [0.15, 0.2) is 16.7 Å². The number of rotatable bonds is 2. The molecule has 1 saturated carbocycles. The van der Waals surface area contributed by atoms with Gasteiger partial charge in [0.1, 0.15) is 5.76 Å². The summed E-state index contributed by atoms with van der Waals surface area (Å²) in [5, 5.41) is 0. The first kappa shape index (κ1) is 8.82. The van der Waals surface area contributed by atoms with Gasteiger partial charge in [-0.3, -0.25) is 0 Å². The molecule has 1 fully saturated rings.